The topological polar surface area (TPSA) is 35.0 Å². The van der Waals surface area contributed by atoms with Crippen molar-refractivity contribution in [2.75, 3.05) is 0 Å². The molecule has 0 aliphatic heterocycles. The first-order valence-electron chi connectivity index (χ1n) is 4.59. The summed E-state index contributed by atoms with van der Waals surface area (Å²) in [6, 6.07) is 9.06. The van der Waals surface area contributed by atoms with E-state index >= 15 is 0 Å². The third kappa shape index (κ3) is 2.43. The lowest BCUT2D eigenvalue weighted by Gasteiger charge is -2.07. The Morgan fingerprint density at radius 2 is 1.88 bits per heavy atom. The van der Waals surface area contributed by atoms with Crippen LogP contribution in [0.5, 0.6) is 11.6 Å². The molecule has 5 heteroatoms. The van der Waals surface area contributed by atoms with E-state index in [-0.39, 0.29) is 11.0 Å². The van der Waals surface area contributed by atoms with Gasteiger partial charge in [0.1, 0.15) is 10.8 Å². The number of ether oxygens (including phenoxy) is 1. The number of para-hydroxylation sites is 1. The molecule has 1 aromatic heterocycles. The van der Waals surface area contributed by atoms with Crippen molar-refractivity contribution in [2.24, 2.45) is 0 Å². The van der Waals surface area contributed by atoms with Crippen LogP contribution in [0.15, 0.2) is 30.3 Å². The Morgan fingerprint density at radius 1 is 1.12 bits per heavy atom. The molecule has 0 saturated carbocycles. The molecule has 0 amide bonds. The molecule has 0 saturated heterocycles. The van der Waals surface area contributed by atoms with E-state index in [1.54, 1.807) is 0 Å². The van der Waals surface area contributed by atoms with E-state index in [4.69, 9.17) is 27.9 Å². The van der Waals surface area contributed by atoms with E-state index in [1.165, 1.54) is 6.07 Å². The molecule has 0 bridgehead atoms. The summed E-state index contributed by atoms with van der Waals surface area (Å²) in [5.74, 6) is 0.946. The maximum absolute atomic E-state index is 5.92. The van der Waals surface area contributed by atoms with Gasteiger partial charge in [0.05, 0.1) is 0 Å². The van der Waals surface area contributed by atoms with Crippen molar-refractivity contribution in [2.45, 2.75) is 6.92 Å². The minimum absolute atomic E-state index is 0.238. The first kappa shape index (κ1) is 11.2. The molecule has 0 aliphatic rings. The van der Waals surface area contributed by atoms with Crippen LogP contribution in [-0.2, 0) is 0 Å². The predicted octanol–water partition coefficient (Wildman–Crippen LogP) is 3.88. The molecule has 1 heterocycles. The highest BCUT2D eigenvalue weighted by atomic mass is 35.5. The van der Waals surface area contributed by atoms with Crippen LogP contribution in [-0.4, -0.2) is 10.2 Å². The fraction of sp³-hybridized carbons (Fsp3) is 0.0909. The van der Waals surface area contributed by atoms with Gasteiger partial charge in [-0.2, -0.15) is 0 Å². The van der Waals surface area contributed by atoms with E-state index in [2.05, 4.69) is 10.2 Å². The highest BCUT2D eigenvalue weighted by Crippen LogP contribution is 2.29. The Balaban J connectivity index is 2.31. The van der Waals surface area contributed by atoms with E-state index in [0.717, 1.165) is 5.56 Å². The van der Waals surface area contributed by atoms with Crippen molar-refractivity contribution in [3.05, 3.63) is 46.1 Å². The van der Waals surface area contributed by atoms with Crippen LogP contribution in [0.3, 0.4) is 0 Å². The lowest BCUT2D eigenvalue weighted by Crippen LogP contribution is -1.93. The minimum Gasteiger partial charge on any atom is -0.436 e. The molecule has 82 valence electrons. The molecule has 0 N–H and O–H groups in total. The highest BCUT2D eigenvalue weighted by Gasteiger charge is 2.07. The third-order valence-corrected chi connectivity index (χ3v) is 2.44. The molecule has 0 spiro atoms. The van der Waals surface area contributed by atoms with Gasteiger partial charge in [-0.15, -0.1) is 10.2 Å². The van der Waals surface area contributed by atoms with Crippen molar-refractivity contribution in [3.8, 4) is 11.6 Å². The Hall–Kier alpha value is -1.32. The fourth-order valence-electron chi connectivity index (χ4n) is 1.18. The summed E-state index contributed by atoms with van der Waals surface area (Å²) >= 11 is 11.6. The van der Waals surface area contributed by atoms with Gasteiger partial charge in [0.25, 0.3) is 5.88 Å². The van der Waals surface area contributed by atoms with Crippen LogP contribution >= 0.6 is 23.2 Å². The number of aromatic nitrogens is 2. The van der Waals surface area contributed by atoms with Crippen molar-refractivity contribution < 1.29 is 4.74 Å². The van der Waals surface area contributed by atoms with Gasteiger partial charge < -0.3 is 4.74 Å². The van der Waals surface area contributed by atoms with Gasteiger partial charge in [-0.1, -0.05) is 41.4 Å². The molecule has 0 fully saturated rings. The van der Waals surface area contributed by atoms with Gasteiger partial charge in [0.15, 0.2) is 5.15 Å². The summed E-state index contributed by atoms with van der Waals surface area (Å²) in [5.41, 5.74) is 0.996. The lowest BCUT2D eigenvalue weighted by atomic mass is 10.2. The van der Waals surface area contributed by atoms with Crippen molar-refractivity contribution >= 4 is 23.2 Å². The van der Waals surface area contributed by atoms with Gasteiger partial charge >= 0.3 is 0 Å². The first-order chi connectivity index (χ1) is 7.66. The van der Waals surface area contributed by atoms with Gasteiger partial charge in [0, 0.05) is 6.07 Å². The Labute approximate surface area is 103 Å². The molecular weight excluding hydrogens is 247 g/mol. The second kappa shape index (κ2) is 4.68. The van der Waals surface area contributed by atoms with Crippen LogP contribution in [0, 0.1) is 6.92 Å². The highest BCUT2D eigenvalue weighted by molar-refractivity contribution is 6.34. The van der Waals surface area contributed by atoms with Crippen LogP contribution in [0.4, 0.5) is 0 Å². The first-order valence-corrected chi connectivity index (χ1v) is 5.34. The van der Waals surface area contributed by atoms with Crippen molar-refractivity contribution in [1.82, 2.24) is 10.2 Å². The second-order valence-electron chi connectivity index (χ2n) is 3.19. The number of rotatable bonds is 2. The summed E-state index contributed by atoms with van der Waals surface area (Å²) in [6.07, 6.45) is 0. The number of aryl methyl sites for hydroxylation is 1. The van der Waals surface area contributed by atoms with Crippen molar-refractivity contribution in [1.29, 1.82) is 0 Å². The lowest BCUT2D eigenvalue weighted by molar-refractivity contribution is 0.452. The summed E-state index contributed by atoms with van der Waals surface area (Å²) in [7, 11) is 0. The average Bonchev–Trinajstić information content (AvgIpc) is 2.25. The summed E-state index contributed by atoms with van der Waals surface area (Å²) in [4.78, 5) is 0. The summed E-state index contributed by atoms with van der Waals surface area (Å²) < 4.78 is 5.53. The van der Waals surface area contributed by atoms with E-state index in [9.17, 15) is 0 Å². The predicted molar refractivity (Wildman–Crippen MR) is 63.3 cm³/mol. The standard InChI is InChI=1S/C11H8Cl2N2O/c1-7-4-2-3-5-9(7)16-11-8(12)6-10(13)14-15-11/h2-6H,1H3. The van der Waals surface area contributed by atoms with E-state index < -0.39 is 0 Å². The summed E-state index contributed by atoms with van der Waals surface area (Å²) in [6.45, 7) is 1.94. The largest absolute Gasteiger partial charge is 0.436 e. The smallest absolute Gasteiger partial charge is 0.257 e. The van der Waals surface area contributed by atoms with E-state index in [0.29, 0.717) is 10.8 Å². The Kier molecular flexibility index (Phi) is 3.27. The van der Waals surface area contributed by atoms with Gasteiger partial charge in [-0.25, -0.2) is 0 Å². The number of halogens is 2. The number of hydrogen-bond acceptors (Lipinski definition) is 3. The second-order valence-corrected chi connectivity index (χ2v) is 3.98. The van der Waals surface area contributed by atoms with Crippen LogP contribution in [0.1, 0.15) is 5.56 Å². The third-order valence-electron chi connectivity index (χ3n) is 1.99. The fourth-order valence-corrected chi connectivity index (χ4v) is 1.56. The summed E-state index contributed by atoms with van der Waals surface area (Å²) in [5, 5.41) is 8.02. The number of hydrogen-bond donors (Lipinski definition) is 0. The molecule has 0 unspecified atom stereocenters. The van der Waals surface area contributed by atoms with Crippen LogP contribution < -0.4 is 4.74 Å². The Bertz CT molecular complexity index is 517. The zero-order valence-electron chi connectivity index (χ0n) is 8.45. The monoisotopic (exact) mass is 254 g/mol. The molecule has 2 rings (SSSR count). The molecule has 16 heavy (non-hydrogen) atoms. The molecule has 1 aromatic carbocycles. The van der Waals surface area contributed by atoms with Crippen molar-refractivity contribution in [3.63, 3.8) is 0 Å². The van der Waals surface area contributed by atoms with E-state index in [1.807, 2.05) is 31.2 Å². The molecule has 3 nitrogen and oxygen atoms in total. The van der Waals surface area contributed by atoms with Gasteiger partial charge in [-0.05, 0) is 18.6 Å². The average molecular weight is 255 g/mol. The van der Waals surface area contributed by atoms with Crippen LogP contribution in [0.25, 0.3) is 0 Å². The Morgan fingerprint density at radius 3 is 2.56 bits per heavy atom. The molecule has 0 atom stereocenters. The maximum Gasteiger partial charge on any atom is 0.257 e. The molecule has 2 aromatic rings. The van der Waals surface area contributed by atoms with Gasteiger partial charge in [0.2, 0.25) is 0 Å². The molecular formula is C11H8Cl2N2O. The minimum atomic E-state index is 0.238. The maximum atomic E-state index is 5.92. The van der Waals surface area contributed by atoms with Gasteiger partial charge in [-0.3, -0.25) is 0 Å². The quantitative estimate of drug-likeness (QED) is 0.816. The molecule has 0 radical (unpaired) electrons. The number of benzene rings is 1. The normalized spacial score (nSPS) is 10.2. The SMILES string of the molecule is Cc1ccccc1Oc1nnc(Cl)cc1Cl. The zero-order valence-corrected chi connectivity index (χ0v) is 9.96. The zero-order chi connectivity index (χ0) is 11.5. The number of nitrogens with zero attached hydrogens (tertiary/aromatic N) is 2. The molecule has 0 aliphatic carbocycles. The van der Waals surface area contributed by atoms with Crippen LogP contribution in [0.2, 0.25) is 10.2 Å².